The summed E-state index contributed by atoms with van der Waals surface area (Å²) in [6.07, 6.45) is 1.59. The Hall–Kier alpha value is -1.28. The molecule has 0 aromatic heterocycles. The minimum atomic E-state index is 0.996. The van der Waals surface area contributed by atoms with E-state index in [4.69, 9.17) is 5.84 Å². The third-order valence-electron chi connectivity index (χ3n) is 1.83. The van der Waals surface area contributed by atoms with E-state index >= 15 is 0 Å². The van der Waals surface area contributed by atoms with Crippen LogP contribution in [0, 0.1) is 13.8 Å². The van der Waals surface area contributed by atoms with Crippen LogP contribution in [0.4, 0.5) is 5.69 Å². The second-order valence-corrected chi connectivity index (χ2v) is 2.88. The monoisotopic (exact) mass is 222 g/mol. The first-order chi connectivity index (χ1) is 7.65. The Labute approximate surface area is 101 Å². The van der Waals surface area contributed by atoms with Crippen molar-refractivity contribution in [2.24, 2.45) is 5.84 Å². The first-order valence-electron chi connectivity index (χ1n) is 5.89. The molecular formula is C14H26N2. The van der Waals surface area contributed by atoms with Gasteiger partial charge in [0.15, 0.2) is 0 Å². The summed E-state index contributed by atoms with van der Waals surface area (Å²) in [5.41, 5.74) is 3.40. The fourth-order valence-electron chi connectivity index (χ4n) is 1.19. The Morgan fingerprint density at radius 2 is 1.62 bits per heavy atom. The van der Waals surface area contributed by atoms with Gasteiger partial charge in [-0.25, -0.2) is 5.84 Å². The minimum absolute atomic E-state index is 0.996. The van der Waals surface area contributed by atoms with E-state index in [2.05, 4.69) is 19.6 Å². The molecule has 2 nitrogen and oxygen atoms in total. The topological polar surface area (TPSA) is 29.3 Å². The number of hydrazine groups is 1. The predicted molar refractivity (Wildman–Crippen MR) is 75.5 cm³/mol. The van der Waals surface area contributed by atoms with Crippen molar-refractivity contribution in [2.45, 2.75) is 41.5 Å². The molecule has 16 heavy (non-hydrogen) atoms. The van der Waals surface area contributed by atoms with Crippen molar-refractivity contribution in [3.05, 3.63) is 42.1 Å². The minimum Gasteiger partial charge on any atom is -0.287 e. The standard InChI is InChI=1S/C10H14N2.2C2H6/c1-4-12(11)10-6-5-8(2)7-9(10)3;2*1-2/h4-7H,1,11H2,2-3H3;2*1-2H3. The largest absolute Gasteiger partial charge is 0.287 e. The molecule has 0 spiro atoms. The molecule has 0 unspecified atom stereocenters. The zero-order chi connectivity index (χ0) is 13.1. The third-order valence-corrected chi connectivity index (χ3v) is 1.83. The van der Waals surface area contributed by atoms with Crippen LogP contribution >= 0.6 is 0 Å². The zero-order valence-corrected chi connectivity index (χ0v) is 11.5. The Morgan fingerprint density at radius 1 is 1.12 bits per heavy atom. The van der Waals surface area contributed by atoms with E-state index < -0.39 is 0 Å². The molecule has 0 saturated heterocycles. The van der Waals surface area contributed by atoms with Crippen molar-refractivity contribution in [2.75, 3.05) is 5.01 Å². The van der Waals surface area contributed by atoms with E-state index in [1.165, 1.54) is 10.6 Å². The van der Waals surface area contributed by atoms with Crippen LogP contribution in [-0.2, 0) is 0 Å². The summed E-state index contributed by atoms with van der Waals surface area (Å²) in [7, 11) is 0. The van der Waals surface area contributed by atoms with E-state index in [1.807, 2.05) is 46.8 Å². The van der Waals surface area contributed by atoms with Gasteiger partial charge in [0.2, 0.25) is 0 Å². The summed E-state index contributed by atoms with van der Waals surface area (Å²) in [5.74, 6) is 5.66. The van der Waals surface area contributed by atoms with E-state index in [0.29, 0.717) is 0 Å². The molecular weight excluding hydrogens is 196 g/mol. The quantitative estimate of drug-likeness (QED) is 0.601. The molecule has 2 N–H and O–H groups in total. The highest BCUT2D eigenvalue weighted by atomic mass is 15.4. The average molecular weight is 222 g/mol. The molecule has 1 aromatic rings. The van der Waals surface area contributed by atoms with Crippen molar-refractivity contribution in [3.63, 3.8) is 0 Å². The lowest BCUT2D eigenvalue weighted by molar-refractivity contribution is 1.07. The van der Waals surface area contributed by atoms with Gasteiger partial charge in [-0.3, -0.25) is 5.01 Å². The molecule has 0 aliphatic carbocycles. The Balaban J connectivity index is 0. The van der Waals surface area contributed by atoms with E-state index in [-0.39, 0.29) is 0 Å². The maximum atomic E-state index is 5.66. The number of benzene rings is 1. The highest BCUT2D eigenvalue weighted by Gasteiger charge is 2.00. The molecule has 1 aromatic carbocycles. The summed E-state index contributed by atoms with van der Waals surface area (Å²) in [6, 6.07) is 6.12. The number of anilines is 1. The number of hydrogen-bond donors (Lipinski definition) is 1. The molecule has 0 aliphatic heterocycles. The first kappa shape index (κ1) is 17.1. The highest BCUT2D eigenvalue weighted by Crippen LogP contribution is 2.18. The molecule has 0 aliphatic rings. The van der Waals surface area contributed by atoms with Gasteiger partial charge in [-0.15, -0.1) is 0 Å². The number of nitrogens with two attached hydrogens (primary N) is 1. The molecule has 0 amide bonds. The molecule has 92 valence electrons. The summed E-state index contributed by atoms with van der Waals surface area (Å²) >= 11 is 0. The Morgan fingerprint density at radius 3 is 2.00 bits per heavy atom. The molecule has 0 atom stereocenters. The molecule has 0 saturated carbocycles. The van der Waals surface area contributed by atoms with Crippen LogP contribution in [0.3, 0.4) is 0 Å². The number of nitrogens with zero attached hydrogens (tertiary/aromatic N) is 1. The smallest absolute Gasteiger partial charge is 0.0597 e. The normalized spacial score (nSPS) is 7.94. The highest BCUT2D eigenvalue weighted by molar-refractivity contribution is 5.54. The van der Waals surface area contributed by atoms with Crippen LogP contribution in [0.5, 0.6) is 0 Å². The maximum Gasteiger partial charge on any atom is 0.0597 e. The fourth-order valence-corrected chi connectivity index (χ4v) is 1.19. The Kier molecular flexibility index (Phi) is 11.0. The lowest BCUT2D eigenvalue weighted by Gasteiger charge is -2.15. The van der Waals surface area contributed by atoms with Gasteiger partial charge >= 0.3 is 0 Å². The van der Waals surface area contributed by atoms with Gasteiger partial charge in [-0.05, 0) is 25.5 Å². The van der Waals surface area contributed by atoms with Crippen LogP contribution in [0.15, 0.2) is 31.0 Å². The van der Waals surface area contributed by atoms with Gasteiger partial charge < -0.3 is 0 Å². The van der Waals surface area contributed by atoms with Crippen LogP contribution < -0.4 is 10.9 Å². The van der Waals surface area contributed by atoms with E-state index in [1.54, 1.807) is 6.20 Å². The van der Waals surface area contributed by atoms with Gasteiger partial charge in [-0.1, -0.05) is 52.0 Å². The average Bonchev–Trinajstić information content (AvgIpc) is 2.33. The third kappa shape index (κ3) is 5.56. The number of hydrogen-bond acceptors (Lipinski definition) is 2. The number of rotatable bonds is 2. The van der Waals surface area contributed by atoms with Gasteiger partial charge in [0.1, 0.15) is 0 Å². The molecule has 0 bridgehead atoms. The first-order valence-corrected chi connectivity index (χ1v) is 5.89. The van der Waals surface area contributed by atoms with Crippen molar-refractivity contribution in [3.8, 4) is 0 Å². The van der Waals surface area contributed by atoms with Crippen molar-refractivity contribution in [1.29, 1.82) is 0 Å². The van der Waals surface area contributed by atoms with Gasteiger partial charge in [0, 0.05) is 6.20 Å². The van der Waals surface area contributed by atoms with Gasteiger partial charge in [0.05, 0.1) is 5.69 Å². The second kappa shape index (κ2) is 10.2. The van der Waals surface area contributed by atoms with E-state index in [0.717, 1.165) is 11.3 Å². The lowest BCUT2D eigenvalue weighted by Crippen LogP contribution is -2.24. The van der Waals surface area contributed by atoms with Crippen LogP contribution in [0.2, 0.25) is 0 Å². The summed E-state index contributed by atoms with van der Waals surface area (Å²) < 4.78 is 0. The molecule has 0 heterocycles. The fraction of sp³-hybridized carbons (Fsp3) is 0.429. The molecule has 2 heteroatoms. The van der Waals surface area contributed by atoms with Crippen molar-refractivity contribution in [1.82, 2.24) is 0 Å². The van der Waals surface area contributed by atoms with Crippen molar-refractivity contribution < 1.29 is 0 Å². The van der Waals surface area contributed by atoms with Crippen LogP contribution in [0.25, 0.3) is 0 Å². The summed E-state index contributed by atoms with van der Waals surface area (Å²) in [6.45, 7) is 15.7. The van der Waals surface area contributed by atoms with Gasteiger partial charge in [0.25, 0.3) is 0 Å². The summed E-state index contributed by atoms with van der Waals surface area (Å²) in [4.78, 5) is 0. The van der Waals surface area contributed by atoms with Crippen LogP contribution in [-0.4, -0.2) is 0 Å². The SMILES string of the molecule is C=CN(N)c1ccc(C)cc1C.CC.CC. The molecule has 0 fully saturated rings. The second-order valence-electron chi connectivity index (χ2n) is 2.88. The van der Waals surface area contributed by atoms with Gasteiger partial charge in [-0.2, -0.15) is 0 Å². The molecule has 1 rings (SSSR count). The van der Waals surface area contributed by atoms with Crippen LogP contribution in [0.1, 0.15) is 38.8 Å². The lowest BCUT2D eigenvalue weighted by atomic mass is 10.1. The maximum absolute atomic E-state index is 5.66. The molecule has 0 radical (unpaired) electrons. The van der Waals surface area contributed by atoms with Crippen molar-refractivity contribution >= 4 is 5.69 Å². The summed E-state index contributed by atoms with van der Waals surface area (Å²) in [5, 5.41) is 1.52. The predicted octanol–water partition coefficient (Wildman–Crippen LogP) is 4.18. The van der Waals surface area contributed by atoms with E-state index in [9.17, 15) is 0 Å². The Bertz CT molecular complexity index is 293. The number of aryl methyl sites for hydroxylation is 2. The zero-order valence-electron chi connectivity index (χ0n) is 11.5.